The predicted molar refractivity (Wildman–Crippen MR) is 80.7 cm³/mol. The number of benzene rings is 2. The molecular weight excluding hydrogens is 242 g/mol. The summed E-state index contributed by atoms with van der Waals surface area (Å²) in [4.78, 5) is 2.28. The Morgan fingerprint density at radius 3 is 2.56 bits per heavy atom. The third-order valence-electron chi connectivity index (χ3n) is 3.05. The number of ether oxygens (including phenoxy) is 1. The van der Waals surface area contributed by atoms with E-state index in [1.165, 1.54) is 16.3 Å². The quantitative estimate of drug-likeness (QED) is 0.830. The van der Waals surface area contributed by atoms with Gasteiger partial charge in [0, 0.05) is 18.8 Å². The minimum Gasteiger partial charge on any atom is -0.497 e. The molecule has 0 bridgehead atoms. The molecule has 0 heterocycles. The van der Waals surface area contributed by atoms with Crippen molar-refractivity contribution in [3.05, 3.63) is 42.0 Å². The molecule has 0 saturated heterocycles. The van der Waals surface area contributed by atoms with Crippen molar-refractivity contribution in [1.29, 1.82) is 0 Å². The SMILES string of the molecule is COc1ccc2cc(CN(C)CCS)ccc2c1. The fraction of sp³-hybridized carbons (Fsp3) is 0.333. The Kier molecular flexibility index (Phi) is 4.50. The van der Waals surface area contributed by atoms with Crippen LogP contribution in [0.3, 0.4) is 0 Å². The molecule has 0 aliphatic heterocycles. The molecule has 0 fully saturated rings. The summed E-state index contributed by atoms with van der Waals surface area (Å²) in [6, 6.07) is 12.7. The normalized spacial score (nSPS) is 11.1. The van der Waals surface area contributed by atoms with Crippen LogP contribution in [0.4, 0.5) is 0 Å². The molecule has 2 aromatic carbocycles. The second kappa shape index (κ2) is 6.12. The summed E-state index contributed by atoms with van der Waals surface area (Å²) in [5.74, 6) is 1.80. The van der Waals surface area contributed by atoms with Crippen LogP contribution in [0.5, 0.6) is 5.75 Å². The van der Waals surface area contributed by atoms with E-state index < -0.39 is 0 Å². The van der Waals surface area contributed by atoms with E-state index in [4.69, 9.17) is 4.74 Å². The van der Waals surface area contributed by atoms with Crippen LogP contribution in [0.1, 0.15) is 5.56 Å². The van der Waals surface area contributed by atoms with Crippen LogP contribution in [0.2, 0.25) is 0 Å². The average Bonchev–Trinajstić information content (AvgIpc) is 2.38. The van der Waals surface area contributed by atoms with Crippen molar-refractivity contribution in [3.8, 4) is 5.75 Å². The minimum absolute atomic E-state index is 0.890. The van der Waals surface area contributed by atoms with Gasteiger partial charge in [-0.05, 0) is 41.6 Å². The van der Waals surface area contributed by atoms with Gasteiger partial charge in [0.1, 0.15) is 5.75 Å². The fourth-order valence-electron chi connectivity index (χ4n) is 2.06. The molecule has 2 rings (SSSR count). The van der Waals surface area contributed by atoms with Gasteiger partial charge >= 0.3 is 0 Å². The zero-order chi connectivity index (χ0) is 13.0. The number of methoxy groups -OCH3 is 1. The Balaban J connectivity index is 2.22. The van der Waals surface area contributed by atoms with Crippen LogP contribution < -0.4 is 4.74 Å². The highest BCUT2D eigenvalue weighted by Gasteiger charge is 2.02. The summed E-state index contributed by atoms with van der Waals surface area (Å²) < 4.78 is 5.23. The fourth-order valence-corrected chi connectivity index (χ4v) is 2.40. The van der Waals surface area contributed by atoms with Gasteiger partial charge in [0.05, 0.1) is 7.11 Å². The van der Waals surface area contributed by atoms with Gasteiger partial charge < -0.3 is 9.64 Å². The third kappa shape index (κ3) is 3.18. The monoisotopic (exact) mass is 261 g/mol. The lowest BCUT2D eigenvalue weighted by Crippen LogP contribution is -2.19. The third-order valence-corrected chi connectivity index (χ3v) is 3.25. The summed E-state index contributed by atoms with van der Waals surface area (Å²) in [5.41, 5.74) is 1.33. The maximum absolute atomic E-state index is 5.23. The first kappa shape index (κ1) is 13.2. The molecule has 3 heteroatoms. The maximum Gasteiger partial charge on any atom is 0.119 e. The molecule has 0 unspecified atom stereocenters. The Morgan fingerprint density at radius 1 is 1.11 bits per heavy atom. The van der Waals surface area contributed by atoms with E-state index >= 15 is 0 Å². The Labute approximate surface area is 114 Å². The molecule has 0 N–H and O–H groups in total. The van der Waals surface area contributed by atoms with Crippen molar-refractivity contribution >= 4 is 23.4 Å². The number of fused-ring (bicyclic) bond motifs is 1. The first-order chi connectivity index (χ1) is 8.72. The molecule has 96 valence electrons. The van der Waals surface area contributed by atoms with E-state index in [1.54, 1.807) is 7.11 Å². The van der Waals surface area contributed by atoms with E-state index in [9.17, 15) is 0 Å². The van der Waals surface area contributed by atoms with Gasteiger partial charge in [-0.15, -0.1) is 0 Å². The largest absolute Gasteiger partial charge is 0.497 e. The molecule has 0 aliphatic carbocycles. The molecule has 0 aromatic heterocycles. The van der Waals surface area contributed by atoms with Crippen molar-refractivity contribution in [2.24, 2.45) is 0 Å². The molecular formula is C15H19NOS. The maximum atomic E-state index is 5.23. The van der Waals surface area contributed by atoms with Gasteiger partial charge in [-0.2, -0.15) is 12.6 Å². The zero-order valence-electron chi connectivity index (χ0n) is 10.9. The standard InChI is InChI=1S/C15H19NOS/c1-16(7-8-18)11-12-3-4-14-10-15(17-2)6-5-13(14)9-12/h3-6,9-10,18H,7-8,11H2,1-2H3. The van der Waals surface area contributed by atoms with Crippen LogP contribution in [0, 0.1) is 0 Å². The molecule has 0 radical (unpaired) electrons. The highest BCUT2D eigenvalue weighted by atomic mass is 32.1. The number of hydrogen-bond donors (Lipinski definition) is 1. The molecule has 2 aromatic rings. The van der Waals surface area contributed by atoms with E-state index in [1.807, 2.05) is 6.07 Å². The van der Waals surface area contributed by atoms with Crippen LogP contribution in [0.15, 0.2) is 36.4 Å². The van der Waals surface area contributed by atoms with E-state index in [0.29, 0.717) is 0 Å². The lowest BCUT2D eigenvalue weighted by molar-refractivity contribution is 0.349. The van der Waals surface area contributed by atoms with E-state index in [0.717, 1.165) is 24.6 Å². The lowest BCUT2D eigenvalue weighted by Gasteiger charge is -2.15. The van der Waals surface area contributed by atoms with Gasteiger partial charge in [0.15, 0.2) is 0 Å². The second-order valence-corrected chi connectivity index (χ2v) is 4.96. The summed E-state index contributed by atoms with van der Waals surface area (Å²) in [7, 11) is 3.82. The Bertz CT molecular complexity index is 527. The Hall–Kier alpha value is -1.19. The lowest BCUT2D eigenvalue weighted by atomic mass is 10.1. The molecule has 2 nitrogen and oxygen atoms in total. The zero-order valence-corrected chi connectivity index (χ0v) is 11.8. The van der Waals surface area contributed by atoms with Crippen LogP contribution >= 0.6 is 12.6 Å². The molecule has 0 saturated carbocycles. The number of hydrogen-bond acceptors (Lipinski definition) is 3. The smallest absolute Gasteiger partial charge is 0.119 e. The van der Waals surface area contributed by atoms with Gasteiger partial charge in [-0.1, -0.05) is 18.2 Å². The second-order valence-electron chi connectivity index (χ2n) is 4.51. The highest BCUT2D eigenvalue weighted by Crippen LogP contribution is 2.22. The van der Waals surface area contributed by atoms with Crippen molar-refractivity contribution in [2.45, 2.75) is 6.54 Å². The number of nitrogens with zero attached hydrogens (tertiary/aromatic N) is 1. The van der Waals surface area contributed by atoms with E-state index in [2.05, 4.69) is 54.9 Å². The predicted octanol–water partition coefficient (Wildman–Crippen LogP) is 3.21. The van der Waals surface area contributed by atoms with Gasteiger partial charge in [-0.3, -0.25) is 0 Å². The van der Waals surface area contributed by atoms with Crippen LogP contribution in [0.25, 0.3) is 10.8 Å². The molecule has 0 atom stereocenters. The topological polar surface area (TPSA) is 12.5 Å². The van der Waals surface area contributed by atoms with Crippen molar-refractivity contribution in [3.63, 3.8) is 0 Å². The summed E-state index contributed by atoms with van der Waals surface area (Å²) in [6.07, 6.45) is 0. The van der Waals surface area contributed by atoms with E-state index in [-0.39, 0.29) is 0 Å². The van der Waals surface area contributed by atoms with Crippen LogP contribution in [-0.2, 0) is 6.54 Å². The summed E-state index contributed by atoms with van der Waals surface area (Å²) >= 11 is 4.25. The van der Waals surface area contributed by atoms with Gasteiger partial charge in [-0.25, -0.2) is 0 Å². The molecule has 0 aliphatic rings. The van der Waals surface area contributed by atoms with Gasteiger partial charge in [0.25, 0.3) is 0 Å². The van der Waals surface area contributed by atoms with Crippen molar-refractivity contribution < 1.29 is 4.74 Å². The average molecular weight is 261 g/mol. The first-order valence-corrected chi connectivity index (χ1v) is 6.72. The number of thiol groups is 1. The van der Waals surface area contributed by atoms with Crippen molar-refractivity contribution in [1.82, 2.24) is 4.90 Å². The van der Waals surface area contributed by atoms with Crippen molar-refractivity contribution in [2.75, 3.05) is 26.5 Å². The summed E-state index contributed by atoms with van der Waals surface area (Å²) in [5, 5.41) is 2.47. The Morgan fingerprint density at radius 2 is 1.83 bits per heavy atom. The first-order valence-electron chi connectivity index (χ1n) is 6.09. The van der Waals surface area contributed by atoms with Crippen LogP contribution in [-0.4, -0.2) is 31.4 Å². The molecule has 18 heavy (non-hydrogen) atoms. The van der Waals surface area contributed by atoms with Gasteiger partial charge in [0.2, 0.25) is 0 Å². The molecule has 0 amide bonds. The highest BCUT2D eigenvalue weighted by molar-refractivity contribution is 7.80. The molecule has 0 spiro atoms. The summed E-state index contributed by atoms with van der Waals surface area (Å²) in [6.45, 7) is 1.96. The minimum atomic E-state index is 0.890. The number of rotatable bonds is 5.